The lowest BCUT2D eigenvalue weighted by Crippen LogP contribution is -2.06. The highest BCUT2D eigenvalue weighted by Gasteiger charge is 2.10. The molecule has 0 radical (unpaired) electrons. The van der Waals surface area contributed by atoms with Crippen molar-refractivity contribution in [2.24, 2.45) is 0 Å². The summed E-state index contributed by atoms with van der Waals surface area (Å²) >= 11 is 1.40. The van der Waals surface area contributed by atoms with Crippen LogP contribution < -0.4 is 5.32 Å². The Kier molecular flexibility index (Phi) is 4.79. The van der Waals surface area contributed by atoms with Crippen LogP contribution in [0.25, 0.3) is 0 Å². The van der Waals surface area contributed by atoms with E-state index in [2.05, 4.69) is 41.0 Å². The number of hydrogen-bond acceptors (Lipinski definition) is 6. The van der Waals surface area contributed by atoms with Gasteiger partial charge in [-0.3, -0.25) is 0 Å². The van der Waals surface area contributed by atoms with Crippen molar-refractivity contribution in [3.8, 4) is 0 Å². The summed E-state index contributed by atoms with van der Waals surface area (Å²) in [5.74, 6) is 1.97. The average molecular weight is 278 g/mol. The van der Waals surface area contributed by atoms with E-state index >= 15 is 0 Å². The minimum absolute atomic E-state index is 0.285. The summed E-state index contributed by atoms with van der Waals surface area (Å²) in [7, 11) is 0. The molecule has 0 saturated heterocycles. The molecule has 0 atom stereocenters. The van der Waals surface area contributed by atoms with Gasteiger partial charge < -0.3 is 9.73 Å². The Morgan fingerprint density at radius 1 is 1.37 bits per heavy atom. The molecule has 0 spiro atoms. The lowest BCUT2D eigenvalue weighted by atomic mass is 10.2. The van der Waals surface area contributed by atoms with Gasteiger partial charge >= 0.3 is 0 Å². The van der Waals surface area contributed by atoms with Gasteiger partial charge in [-0.2, -0.15) is 0 Å². The molecule has 6 heteroatoms. The number of oxazole rings is 1. The summed E-state index contributed by atoms with van der Waals surface area (Å²) in [5, 5.41) is 4.73. The van der Waals surface area contributed by atoms with Gasteiger partial charge in [0.15, 0.2) is 0 Å². The maximum absolute atomic E-state index is 5.23. The fraction of sp³-hybridized carbons (Fsp3) is 0.462. The molecule has 0 saturated carbocycles. The first-order valence-corrected chi connectivity index (χ1v) is 7.21. The zero-order valence-corrected chi connectivity index (χ0v) is 12.2. The number of nitrogens with zero attached hydrogens (tertiary/aromatic N) is 3. The van der Waals surface area contributed by atoms with Crippen molar-refractivity contribution in [1.82, 2.24) is 15.0 Å². The molecular weight excluding hydrogens is 260 g/mol. The highest BCUT2D eigenvalue weighted by Crippen LogP contribution is 2.27. The molecule has 2 rings (SSSR count). The molecule has 1 N–H and O–H groups in total. The lowest BCUT2D eigenvalue weighted by molar-refractivity contribution is 0.454. The minimum Gasteiger partial charge on any atom is -0.440 e. The van der Waals surface area contributed by atoms with E-state index in [1.54, 1.807) is 12.5 Å². The van der Waals surface area contributed by atoms with Crippen LogP contribution in [-0.4, -0.2) is 21.5 Å². The van der Waals surface area contributed by atoms with Crippen LogP contribution in [0.2, 0.25) is 0 Å². The van der Waals surface area contributed by atoms with E-state index in [1.165, 1.54) is 11.8 Å². The number of rotatable bonds is 6. The molecule has 0 aromatic carbocycles. The van der Waals surface area contributed by atoms with Gasteiger partial charge in [-0.25, -0.2) is 15.0 Å². The first kappa shape index (κ1) is 13.9. The van der Waals surface area contributed by atoms with E-state index in [4.69, 9.17) is 4.42 Å². The van der Waals surface area contributed by atoms with Gasteiger partial charge in [0.2, 0.25) is 0 Å². The number of hydrogen-bond donors (Lipinski definition) is 1. The van der Waals surface area contributed by atoms with E-state index < -0.39 is 0 Å². The third-order valence-electron chi connectivity index (χ3n) is 2.39. The molecular formula is C13H18N4OS. The molecule has 0 aliphatic heterocycles. The van der Waals surface area contributed by atoms with Crippen molar-refractivity contribution >= 4 is 17.6 Å². The van der Waals surface area contributed by atoms with Gasteiger partial charge in [0.25, 0.3) is 5.22 Å². The fourth-order valence-corrected chi connectivity index (χ4v) is 2.15. The summed E-state index contributed by atoms with van der Waals surface area (Å²) < 4.78 is 5.23. The van der Waals surface area contributed by atoms with E-state index in [9.17, 15) is 0 Å². The van der Waals surface area contributed by atoms with Gasteiger partial charge in [0.1, 0.15) is 22.9 Å². The number of anilines is 1. The average Bonchev–Trinajstić information content (AvgIpc) is 2.89. The first-order chi connectivity index (χ1) is 9.19. The van der Waals surface area contributed by atoms with Gasteiger partial charge in [0, 0.05) is 18.5 Å². The Labute approximate surface area is 117 Å². The Morgan fingerprint density at radius 2 is 2.21 bits per heavy atom. The highest BCUT2D eigenvalue weighted by molar-refractivity contribution is 7.99. The molecule has 102 valence electrons. The van der Waals surface area contributed by atoms with Crippen LogP contribution in [0.1, 0.15) is 38.9 Å². The molecule has 19 heavy (non-hydrogen) atoms. The summed E-state index contributed by atoms with van der Waals surface area (Å²) in [4.78, 5) is 13.1. The van der Waals surface area contributed by atoms with Crippen molar-refractivity contribution in [2.75, 3.05) is 11.9 Å². The zero-order valence-electron chi connectivity index (χ0n) is 11.4. The summed E-state index contributed by atoms with van der Waals surface area (Å²) in [6.45, 7) is 7.19. The minimum atomic E-state index is 0.285. The van der Waals surface area contributed by atoms with Crippen LogP contribution in [0.5, 0.6) is 0 Å². The molecule has 2 heterocycles. The topological polar surface area (TPSA) is 63.8 Å². The summed E-state index contributed by atoms with van der Waals surface area (Å²) in [6.07, 6.45) is 4.25. The third kappa shape index (κ3) is 3.96. The molecule has 2 aromatic heterocycles. The van der Waals surface area contributed by atoms with Gasteiger partial charge in [-0.15, -0.1) is 0 Å². The molecule has 0 fully saturated rings. The quantitative estimate of drug-likeness (QED) is 0.815. The standard InChI is InChI=1S/C13H18N4OS/c1-4-5-14-10-8-11(17-12(16-10)9(2)3)19-13-15-6-7-18-13/h6-9H,4-5H2,1-3H3,(H,14,16,17). The Morgan fingerprint density at radius 3 is 2.84 bits per heavy atom. The monoisotopic (exact) mass is 278 g/mol. The van der Waals surface area contributed by atoms with E-state index in [1.807, 2.05) is 6.07 Å². The zero-order chi connectivity index (χ0) is 13.7. The van der Waals surface area contributed by atoms with Gasteiger partial charge in [-0.05, 0) is 18.2 Å². The van der Waals surface area contributed by atoms with Gasteiger partial charge in [0.05, 0.1) is 6.20 Å². The van der Waals surface area contributed by atoms with Crippen LogP contribution in [0, 0.1) is 0 Å². The van der Waals surface area contributed by atoms with Crippen molar-refractivity contribution in [3.05, 3.63) is 24.4 Å². The molecule has 0 aliphatic rings. The highest BCUT2D eigenvalue weighted by atomic mass is 32.2. The molecule has 0 bridgehead atoms. The predicted molar refractivity (Wildman–Crippen MR) is 75.5 cm³/mol. The normalized spacial score (nSPS) is 10.9. The summed E-state index contributed by atoms with van der Waals surface area (Å²) in [5.41, 5.74) is 0. The van der Waals surface area contributed by atoms with E-state index in [-0.39, 0.29) is 5.92 Å². The van der Waals surface area contributed by atoms with Crippen molar-refractivity contribution < 1.29 is 4.42 Å². The SMILES string of the molecule is CCCNc1cc(Sc2ncco2)nc(C(C)C)n1. The van der Waals surface area contributed by atoms with Crippen LogP contribution in [-0.2, 0) is 0 Å². The Balaban J connectivity index is 2.23. The van der Waals surface area contributed by atoms with Crippen molar-refractivity contribution in [1.29, 1.82) is 0 Å². The molecule has 0 aliphatic carbocycles. The summed E-state index contributed by atoms with van der Waals surface area (Å²) in [6, 6.07) is 1.93. The molecule has 5 nitrogen and oxygen atoms in total. The fourth-order valence-electron chi connectivity index (χ4n) is 1.45. The number of nitrogens with one attached hydrogen (secondary N) is 1. The second-order valence-electron chi connectivity index (χ2n) is 4.43. The maximum Gasteiger partial charge on any atom is 0.261 e. The third-order valence-corrected chi connectivity index (χ3v) is 3.19. The van der Waals surface area contributed by atoms with Crippen LogP contribution in [0.4, 0.5) is 5.82 Å². The van der Waals surface area contributed by atoms with Crippen molar-refractivity contribution in [3.63, 3.8) is 0 Å². The largest absolute Gasteiger partial charge is 0.440 e. The van der Waals surface area contributed by atoms with Crippen LogP contribution >= 0.6 is 11.8 Å². The van der Waals surface area contributed by atoms with Crippen LogP contribution in [0.3, 0.4) is 0 Å². The molecule has 0 amide bonds. The smallest absolute Gasteiger partial charge is 0.261 e. The second kappa shape index (κ2) is 6.56. The Hall–Kier alpha value is -1.56. The Bertz CT molecular complexity index is 513. The maximum atomic E-state index is 5.23. The molecule has 2 aromatic rings. The van der Waals surface area contributed by atoms with Crippen LogP contribution in [0.15, 0.2) is 33.2 Å². The molecule has 0 unspecified atom stereocenters. The second-order valence-corrected chi connectivity index (χ2v) is 5.40. The predicted octanol–water partition coefficient (Wildman–Crippen LogP) is 3.56. The first-order valence-electron chi connectivity index (χ1n) is 6.39. The number of aromatic nitrogens is 3. The van der Waals surface area contributed by atoms with E-state index in [0.29, 0.717) is 5.22 Å². The van der Waals surface area contributed by atoms with E-state index in [0.717, 1.165) is 29.6 Å². The lowest BCUT2D eigenvalue weighted by Gasteiger charge is -2.10. The van der Waals surface area contributed by atoms with Crippen molar-refractivity contribution in [2.45, 2.75) is 43.4 Å². The van der Waals surface area contributed by atoms with Gasteiger partial charge in [-0.1, -0.05) is 20.8 Å².